The Hall–Kier alpha value is -5.71. The van der Waals surface area contributed by atoms with Crippen LogP contribution in [0.2, 0.25) is 0 Å². The molecule has 0 saturated heterocycles. The molecule has 2 N–H and O–H groups in total. The Kier molecular flexibility index (Phi) is 18.7. The molecule has 0 amide bonds. The van der Waals surface area contributed by atoms with Crippen molar-refractivity contribution in [3.8, 4) is 11.5 Å². The first kappa shape index (κ1) is 42.5. The lowest BCUT2D eigenvalue weighted by Crippen LogP contribution is -2.17. The summed E-state index contributed by atoms with van der Waals surface area (Å²) in [7, 11) is 0. The smallest absolute Gasteiger partial charge is 0.339 e. The second-order valence-electron chi connectivity index (χ2n) is 12.5. The van der Waals surface area contributed by atoms with E-state index >= 15 is 0 Å². The minimum absolute atomic E-state index is 0.351. The number of anilines is 1. The molecule has 6 nitrogen and oxygen atoms in total. The second-order valence-corrected chi connectivity index (χ2v) is 12.5. The maximum atomic E-state index is 12.4. The van der Waals surface area contributed by atoms with Crippen LogP contribution in [0.3, 0.4) is 0 Å². The lowest BCUT2D eigenvalue weighted by Gasteiger charge is -2.14. The number of nitrogens with zero attached hydrogens (tertiary/aromatic N) is 1. The van der Waals surface area contributed by atoms with Crippen LogP contribution >= 0.6 is 0 Å². The number of nitrogens with two attached hydrogens (primary N) is 1. The Balaban J connectivity index is 0.000000347. The standard InChI is InChI=1S/C26H26O4.C12H15N.C6H7N.C2H6/c1-17(2)19(4)20-11-15-24(16-12-20)30-26(28)22-9-7-21(8-10-22)25(27)29-23-13-5-18(3)6-14-23;1-10(2)11(3)9-13-12-7-5-4-6-8-12;7-6-4-2-1-3-5-6;1-2/h5-7,9,11-17H,4,8,10H2,1-3H3;4-8,10H,1-3H3;1-5H,7H2;1-2H3. The van der Waals surface area contributed by atoms with Crippen molar-refractivity contribution in [3.63, 3.8) is 0 Å². The molecule has 1 aliphatic carbocycles. The maximum absolute atomic E-state index is 12.4. The monoisotopic (exact) mass is 698 g/mol. The van der Waals surface area contributed by atoms with Crippen LogP contribution in [-0.2, 0) is 9.59 Å². The van der Waals surface area contributed by atoms with Gasteiger partial charge in [-0.3, -0.25) is 0 Å². The minimum atomic E-state index is -0.410. The third-order valence-electron chi connectivity index (χ3n) is 7.82. The predicted octanol–water partition coefficient (Wildman–Crippen LogP) is 11.7. The van der Waals surface area contributed by atoms with E-state index in [2.05, 4.69) is 52.1 Å². The quantitative estimate of drug-likeness (QED) is 0.0856. The van der Waals surface area contributed by atoms with E-state index in [1.165, 1.54) is 5.57 Å². The number of hydrogen-bond donors (Lipinski definition) is 1. The van der Waals surface area contributed by atoms with Crippen LogP contribution in [-0.4, -0.2) is 17.8 Å². The largest absolute Gasteiger partial charge is 0.423 e. The van der Waals surface area contributed by atoms with Gasteiger partial charge in [0.2, 0.25) is 0 Å². The van der Waals surface area contributed by atoms with Gasteiger partial charge in [0.05, 0.1) is 5.69 Å². The maximum Gasteiger partial charge on any atom is 0.339 e. The van der Waals surface area contributed by atoms with Crippen LogP contribution in [0.25, 0.3) is 5.57 Å². The summed E-state index contributed by atoms with van der Waals surface area (Å²) >= 11 is 0. The summed E-state index contributed by atoms with van der Waals surface area (Å²) < 4.78 is 10.9. The summed E-state index contributed by atoms with van der Waals surface area (Å²) in [6.07, 6.45) is 4.12. The lowest BCUT2D eigenvalue weighted by atomic mass is 9.97. The van der Waals surface area contributed by atoms with E-state index in [0.29, 0.717) is 47.3 Å². The zero-order valence-corrected chi connectivity index (χ0v) is 32.0. The summed E-state index contributed by atoms with van der Waals surface area (Å²) in [5.74, 6) is 4.09. The molecule has 272 valence electrons. The Morgan fingerprint density at radius 1 is 0.692 bits per heavy atom. The Morgan fingerprint density at radius 3 is 1.52 bits per heavy atom. The molecule has 0 heterocycles. The van der Waals surface area contributed by atoms with Crippen LogP contribution in [0.15, 0.2) is 150 Å². The van der Waals surface area contributed by atoms with Gasteiger partial charge in [-0.2, -0.15) is 0 Å². The highest BCUT2D eigenvalue weighted by Gasteiger charge is 2.20. The first-order chi connectivity index (χ1) is 24.9. The van der Waals surface area contributed by atoms with Crippen molar-refractivity contribution in [2.24, 2.45) is 16.8 Å². The van der Waals surface area contributed by atoms with Crippen LogP contribution in [0, 0.1) is 18.8 Å². The molecule has 6 heteroatoms. The number of benzene rings is 4. The summed E-state index contributed by atoms with van der Waals surface area (Å²) in [6, 6.07) is 34.0. The molecule has 0 aromatic heterocycles. The molecule has 0 fully saturated rings. The molecule has 1 aliphatic rings. The van der Waals surface area contributed by atoms with E-state index in [0.717, 1.165) is 28.1 Å². The number of carbonyl (C=O) groups is 2. The van der Waals surface area contributed by atoms with Gasteiger partial charge >= 0.3 is 11.9 Å². The van der Waals surface area contributed by atoms with Crippen molar-refractivity contribution in [2.75, 3.05) is 5.73 Å². The number of carbonyl (C=O) groups excluding carboxylic acids is 2. The second kappa shape index (κ2) is 22.9. The van der Waals surface area contributed by atoms with Crippen LogP contribution in [0.5, 0.6) is 11.5 Å². The number of ether oxygens (including phenoxy) is 2. The molecule has 0 unspecified atom stereocenters. The van der Waals surface area contributed by atoms with E-state index in [1.54, 1.807) is 36.4 Å². The highest BCUT2D eigenvalue weighted by Crippen LogP contribution is 2.26. The average Bonchev–Trinajstić information content (AvgIpc) is 3.16. The third-order valence-corrected chi connectivity index (χ3v) is 7.82. The molecular weight excluding hydrogens is 645 g/mol. The topological polar surface area (TPSA) is 91.0 Å². The molecule has 0 bridgehead atoms. The number of hydrogen-bond acceptors (Lipinski definition) is 6. The van der Waals surface area contributed by atoms with E-state index in [9.17, 15) is 9.59 Å². The lowest BCUT2D eigenvalue weighted by molar-refractivity contribution is -0.131. The number of aryl methyl sites for hydroxylation is 1. The molecule has 0 aliphatic heterocycles. The van der Waals surface area contributed by atoms with E-state index in [-0.39, 0.29) is 0 Å². The minimum Gasteiger partial charge on any atom is -0.423 e. The normalized spacial score (nSPS) is 11.3. The SMILES string of the molecule is C=C(c1ccc(OC(=O)C2=CC=C(C(=O)Oc3ccc(C)cc3)CC2)cc1)C(C)C.CC.CC(=C=Nc1ccccc1)C(C)C.Nc1ccccc1. The fraction of sp³-hybridized carbons (Fsp3) is 0.261. The van der Waals surface area contributed by atoms with Crippen molar-refractivity contribution in [1.29, 1.82) is 0 Å². The molecule has 0 saturated carbocycles. The van der Waals surface area contributed by atoms with Gasteiger partial charge in [0, 0.05) is 16.8 Å². The van der Waals surface area contributed by atoms with Gasteiger partial charge in [-0.1, -0.05) is 127 Å². The van der Waals surface area contributed by atoms with Crippen LogP contribution < -0.4 is 15.2 Å². The molecule has 0 spiro atoms. The summed E-state index contributed by atoms with van der Waals surface area (Å²) in [5, 5.41) is 0. The average molecular weight is 699 g/mol. The zero-order valence-electron chi connectivity index (χ0n) is 32.0. The van der Waals surface area contributed by atoms with Gasteiger partial charge in [-0.25, -0.2) is 14.6 Å². The predicted molar refractivity (Wildman–Crippen MR) is 218 cm³/mol. The van der Waals surface area contributed by atoms with Crippen LogP contribution in [0.1, 0.15) is 72.4 Å². The Labute approximate surface area is 311 Å². The third kappa shape index (κ3) is 15.5. The van der Waals surface area contributed by atoms with Crippen LogP contribution in [0.4, 0.5) is 11.4 Å². The van der Waals surface area contributed by atoms with Crippen molar-refractivity contribution in [2.45, 2.75) is 68.2 Å². The summed E-state index contributed by atoms with van der Waals surface area (Å²) in [5.41, 5.74) is 12.5. The molecule has 5 rings (SSSR count). The molecule has 4 aromatic carbocycles. The van der Waals surface area contributed by atoms with Gasteiger partial charge in [-0.05, 0) is 110 Å². The van der Waals surface area contributed by atoms with E-state index in [1.807, 2.05) is 106 Å². The Morgan fingerprint density at radius 2 is 1.13 bits per heavy atom. The van der Waals surface area contributed by atoms with E-state index in [4.69, 9.17) is 15.2 Å². The van der Waals surface area contributed by atoms with Crippen molar-refractivity contribution < 1.29 is 19.1 Å². The molecular formula is C46H54N2O4. The molecule has 0 atom stereocenters. The number of nitrogen functional groups attached to an aromatic ring is 1. The molecule has 4 aromatic rings. The van der Waals surface area contributed by atoms with Gasteiger partial charge in [-0.15, -0.1) is 0 Å². The summed E-state index contributed by atoms with van der Waals surface area (Å²) in [4.78, 5) is 29.0. The van der Waals surface area contributed by atoms with Gasteiger partial charge in [0.15, 0.2) is 0 Å². The number of allylic oxidation sites excluding steroid dienone is 4. The van der Waals surface area contributed by atoms with Crippen molar-refractivity contribution in [1.82, 2.24) is 0 Å². The van der Waals surface area contributed by atoms with Crippen molar-refractivity contribution in [3.05, 3.63) is 156 Å². The number of aliphatic imine (C=N–C) groups is 1. The Bertz CT molecular complexity index is 1830. The van der Waals surface area contributed by atoms with E-state index < -0.39 is 11.9 Å². The van der Waals surface area contributed by atoms with Gasteiger partial charge < -0.3 is 15.2 Å². The number of rotatable bonds is 8. The highest BCUT2D eigenvalue weighted by molar-refractivity contribution is 5.95. The first-order valence-corrected chi connectivity index (χ1v) is 17.8. The van der Waals surface area contributed by atoms with Crippen molar-refractivity contribution >= 4 is 34.8 Å². The van der Waals surface area contributed by atoms with Gasteiger partial charge in [0.1, 0.15) is 11.5 Å². The fourth-order valence-electron chi connectivity index (χ4n) is 4.24. The number of para-hydroxylation sites is 2. The zero-order chi connectivity index (χ0) is 38.5. The molecule has 0 radical (unpaired) electrons. The number of esters is 2. The fourth-order valence-corrected chi connectivity index (χ4v) is 4.24. The first-order valence-electron chi connectivity index (χ1n) is 17.8. The summed E-state index contributed by atoms with van der Waals surface area (Å²) in [6.45, 7) is 20.6. The van der Waals surface area contributed by atoms with Gasteiger partial charge in [0.25, 0.3) is 0 Å². The highest BCUT2D eigenvalue weighted by atomic mass is 16.5. The molecule has 52 heavy (non-hydrogen) atoms.